The number of rotatable bonds is 6. The average Bonchev–Trinajstić information content (AvgIpc) is 2.76. The number of ether oxygens (including phenoxy) is 2. The number of nitrogens with zero attached hydrogens (tertiary/aromatic N) is 3. The molecule has 2 heterocycles. The fraction of sp³-hybridized carbons (Fsp3) is 0.409. The lowest BCUT2D eigenvalue weighted by Gasteiger charge is -2.09. The molecule has 0 aliphatic carbocycles. The second-order valence-electron chi connectivity index (χ2n) is 5.64. The summed E-state index contributed by atoms with van der Waals surface area (Å²) in [5, 5.41) is 11.2. The summed E-state index contributed by atoms with van der Waals surface area (Å²) in [5.74, 6) is -0.880. The van der Waals surface area contributed by atoms with Crippen molar-refractivity contribution in [2.45, 2.75) is 34.6 Å². The van der Waals surface area contributed by atoms with Crippen LogP contribution in [-0.4, -0.2) is 48.2 Å². The maximum absolute atomic E-state index is 11.5. The summed E-state index contributed by atoms with van der Waals surface area (Å²) in [6, 6.07) is 4.76. The SMILES string of the molecule is CC#N.CCN.CCNc1cc(Cl)ncc1C(=O)OCC.CCOC(=O)c1cnc(Cl)cc1Cl. The van der Waals surface area contributed by atoms with E-state index < -0.39 is 11.9 Å². The molecule has 2 aromatic heterocycles. The number of halogens is 3. The molecule has 0 saturated heterocycles. The van der Waals surface area contributed by atoms with Crippen molar-refractivity contribution in [2.75, 3.05) is 31.6 Å². The van der Waals surface area contributed by atoms with Crippen LogP contribution >= 0.6 is 34.8 Å². The molecule has 0 aliphatic heterocycles. The molecule has 0 saturated carbocycles. The molecule has 0 amide bonds. The van der Waals surface area contributed by atoms with E-state index in [1.165, 1.54) is 25.4 Å². The number of esters is 2. The Hall–Kier alpha value is -2.64. The predicted octanol–water partition coefficient (Wildman–Crippen LogP) is 5.40. The Morgan fingerprint density at radius 3 is 1.79 bits per heavy atom. The zero-order valence-corrected chi connectivity index (χ0v) is 22.1. The number of carbonyl (C=O) groups excluding carboxylic acids is 2. The van der Waals surface area contributed by atoms with Crippen molar-refractivity contribution in [1.29, 1.82) is 5.26 Å². The van der Waals surface area contributed by atoms with Gasteiger partial charge < -0.3 is 20.5 Å². The van der Waals surface area contributed by atoms with Crippen molar-refractivity contribution in [3.05, 3.63) is 51.0 Å². The molecule has 2 aromatic rings. The minimum absolute atomic E-state index is 0.230. The zero-order chi connectivity index (χ0) is 26.5. The average molecular weight is 535 g/mol. The summed E-state index contributed by atoms with van der Waals surface area (Å²) in [6.07, 6.45) is 2.71. The topological polar surface area (TPSA) is 140 Å². The Morgan fingerprint density at radius 1 is 0.971 bits per heavy atom. The molecule has 0 bridgehead atoms. The summed E-state index contributed by atoms with van der Waals surface area (Å²) in [7, 11) is 0. The smallest absolute Gasteiger partial charge is 0.341 e. The number of hydrogen-bond donors (Lipinski definition) is 2. The second-order valence-corrected chi connectivity index (χ2v) is 6.82. The van der Waals surface area contributed by atoms with Gasteiger partial charge in [0.05, 0.1) is 35.6 Å². The summed E-state index contributed by atoms with van der Waals surface area (Å²) in [5.41, 5.74) is 6.13. The molecular formula is C22H30Cl3N5O4. The first kappa shape index (κ1) is 33.5. The first-order chi connectivity index (χ1) is 16.2. The van der Waals surface area contributed by atoms with Gasteiger partial charge in [0, 0.05) is 25.9 Å². The second kappa shape index (κ2) is 20.9. The standard InChI is InChI=1S/C10H13ClN2O2.C8H7Cl2NO2.C2H7N.C2H3N/c1-3-12-8-5-9(11)13-6-7(8)10(14)15-4-2;1-2-13-8(12)5-4-11-7(10)3-6(5)9;2*1-2-3/h5-6H,3-4H2,1-2H3,(H,12,13);3-4H,2H2,1H3;2-3H2,1H3;1H3. The van der Waals surface area contributed by atoms with Gasteiger partial charge in [-0.05, 0) is 39.4 Å². The molecule has 0 radical (unpaired) electrons. The maximum Gasteiger partial charge on any atom is 0.341 e. The molecule has 0 spiro atoms. The Morgan fingerprint density at radius 2 is 1.38 bits per heavy atom. The van der Waals surface area contributed by atoms with Crippen LogP contribution in [0.25, 0.3) is 0 Å². The lowest BCUT2D eigenvalue weighted by atomic mass is 10.2. The van der Waals surface area contributed by atoms with Crippen molar-refractivity contribution in [3.8, 4) is 6.07 Å². The number of nitriles is 1. The van der Waals surface area contributed by atoms with Crippen LogP contribution in [0, 0.1) is 11.3 Å². The number of aromatic nitrogens is 2. The van der Waals surface area contributed by atoms with Gasteiger partial charge in [-0.1, -0.05) is 41.7 Å². The van der Waals surface area contributed by atoms with Gasteiger partial charge in [-0.3, -0.25) is 0 Å². The molecule has 3 N–H and O–H groups in total. The normalized spacial score (nSPS) is 8.82. The molecule has 34 heavy (non-hydrogen) atoms. The van der Waals surface area contributed by atoms with E-state index in [2.05, 4.69) is 15.3 Å². The van der Waals surface area contributed by atoms with Gasteiger partial charge in [-0.25, -0.2) is 19.6 Å². The highest BCUT2D eigenvalue weighted by Gasteiger charge is 2.13. The predicted molar refractivity (Wildman–Crippen MR) is 136 cm³/mol. The van der Waals surface area contributed by atoms with Crippen LogP contribution in [0.2, 0.25) is 15.3 Å². The highest BCUT2D eigenvalue weighted by Crippen LogP contribution is 2.20. The van der Waals surface area contributed by atoms with Gasteiger partial charge in [0.15, 0.2) is 0 Å². The van der Waals surface area contributed by atoms with Crippen LogP contribution in [0.4, 0.5) is 5.69 Å². The van der Waals surface area contributed by atoms with Crippen LogP contribution in [0.3, 0.4) is 0 Å². The van der Waals surface area contributed by atoms with Crippen LogP contribution in [0.5, 0.6) is 0 Å². The van der Waals surface area contributed by atoms with Crippen LogP contribution < -0.4 is 11.1 Å². The summed E-state index contributed by atoms with van der Waals surface area (Å²) in [4.78, 5) is 30.3. The van der Waals surface area contributed by atoms with Crippen LogP contribution in [0.1, 0.15) is 55.3 Å². The van der Waals surface area contributed by atoms with Gasteiger partial charge in [0.2, 0.25) is 0 Å². The first-order valence-electron chi connectivity index (χ1n) is 10.2. The molecule has 0 aromatic carbocycles. The van der Waals surface area contributed by atoms with E-state index in [0.29, 0.717) is 36.2 Å². The summed E-state index contributed by atoms with van der Waals surface area (Å²) in [6.45, 7) is 10.8. The molecule has 0 aliphatic rings. The zero-order valence-electron chi connectivity index (χ0n) is 19.8. The molecule has 188 valence electrons. The third kappa shape index (κ3) is 14.5. The van der Waals surface area contributed by atoms with Crippen molar-refractivity contribution >= 4 is 52.4 Å². The van der Waals surface area contributed by atoms with Crippen LogP contribution in [0.15, 0.2) is 24.5 Å². The maximum atomic E-state index is 11.5. The third-order valence-electron chi connectivity index (χ3n) is 3.05. The molecule has 0 fully saturated rings. The molecule has 0 atom stereocenters. The number of anilines is 1. The quantitative estimate of drug-likeness (QED) is 0.368. The van der Waals surface area contributed by atoms with E-state index in [1.54, 1.807) is 26.0 Å². The number of pyridine rings is 2. The Bertz CT molecular complexity index is 924. The number of hydrogen-bond acceptors (Lipinski definition) is 9. The molecule has 9 nitrogen and oxygen atoms in total. The van der Waals surface area contributed by atoms with Crippen LogP contribution in [-0.2, 0) is 9.47 Å². The Kier molecular flexibility index (Phi) is 20.6. The van der Waals surface area contributed by atoms with Crippen molar-refractivity contribution in [2.24, 2.45) is 5.73 Å². The summed E-state index contributed by atoms with van der Waals surface area (Å²) < 4.78 is 9.63. The fourth-order valence-electron chi connectivity index (χ4n) is 1.90. The van der Waals surface area contributed by atoms with Gasteiger partial charge in [-0.2, -0.15) is 5.26 Å². The largest absolute Gasteiger partial charge is 0.462 e. The molecular weight excluding hydrogens is 505 g/mol. The lowest BCUT2D eigenvalue weighted by molar-refractivity contribution is 0.0517. The first-order valence-corrected chi connectivity index (χ1v) is 11.4. The van der Waals surface area contributed by atoms with E-state index >= 15 is 0 Å². The minimum Gasteiger partial charge on any atom is -0.462 e. The monoisotopic (exact) mass is 533 g/mol. The van der Waals surface area contributed by atoms with Gasteiger partial charge >= 0.3 is 11.9 Å². The van der Waals surface area contributed by atoms with Gasteiger partial charge in [-0.15, -0.1) is 0 Å². The highest BCUT2D eigenvalue weighted by atomic mass is 35.5. The van der Waals surface area contributed by atoms with Crippen molar-refractivity contribution in [3.63, 3.8) is 0 Å². The molecule has 2 rings (SSSR count). The fourth-order valence-corrected chi connectivity index (χ4v) is 2.51. The van der Waals surface area contributed by atoms with E-state index in [0.717, 1.165) is 6.54 Å². The van der Waals surface area contributed by atoms with Crippen molar-refractivity contribution < 1.29 is 19.1 Å². The van der Waals surface area contributed by atoms with E-state index in [9.17, 15) is 9.59 Å². The number of nitrogens with two attached hydrogens (primary N) is 1. The minimum atomic E-state index is -0.489. The molecule has 0 unspecified atom stereocenters. The third-order valence-corrected chi connectivity index (χ3v) is 3.77. The van der Waals surface area contributed by atoms with E-state index in [4.69, 9.17) is 55.3 Å². The molecule has 12 heteroatoms. The van der Waals surface area contributed by atoms with Gasteiger partial charge in [0.1, 0.15) is 15.9 Å². The van der Waals surface area contributed by atoms with Gasteiger partial charge in [0.25, 0.3) is 0 Å². The van der Waals surface area contributed by atoms with Crippen molar-refractivity contribution in [1.82, 2.24) is 9.97 Å². The lowest BCUT2D eigenvalue weighted by Crippen LogP contribution is -2.10. The highest BCUT2D eigenvalue weighted by molar-refractivity contribution is 6.36. The number of nitrogens with one attached hydrogen (secondary N) is 1. The summed E-state index contributed by atoms with van der Waals surface area (Å²) >= 11 is 17.0. The Labute approximate surface area is 215 Å². The van der Waals surface area contributed by atoms with E-state index in [-0.39, 0.29) is 15.7 Å². The Balaban J connectivity index is 0. The number of carbonyl (C=O) groups is 2. The van der Waals surface area contributed by atoms with E-state index in [1.807, 2.05) is 13.8 Å².